The number of hydrogen-bond acceptors (Lipinski definition) is 4. The Labute approximate surface area is 128 Å². The smallest absolute Gasteiger partial charge is 0.0562 e. The van der Waals surface area contributed by atoms with Gasteiger partial charge in [-0.05, 0) is 44.5 Å². The first-order valence-electron chi connectivity index (χ1n) is 8.51. The number of piperazine rings is 1. The highest BCUT2D eigenvalue weighted by molar-refractivity contribution is 5.47. The summed E-state index contributed by atoms with van der Waals surface area (Å²) in [6.07, 6.45) is 7.29. The molecule has 0 amide bonds. The van der Waals surface area contributed by atoms with Gasteiger partial charge in [-0.1, -0.05) is 13.3 Å². The third kappa shape index (κ3) is 3.74. The Kier molecular flexibility index (Phi) is 5.09. The van der Waals surface area contributed by atoms with E-state index in [2.05, 4.69) is 39.2 Å². The molecule has 0 radical (unpaired) electrons. The molecule has 3 heterocycles. The molecule has 2 aliphatic heterocycles. The molecule has 2 saturated heterocycles. The van der Waals surface area contributed by atoms with Crippen LogP contribution in [-0.2, 0) is 6.54 Å². The fourth-order valence-electron chi connectivity index (χ4n) is 3.54. The fraction of sp³-hybridized carbons (Fsp3) is 0.706. The molecule has 0 bridgehead atoms. The van der Waals surface area contributed by atoms with Gasteiger partial charge in [-0.3, -0.25) is 9.88 Å². The van der Waals surface area contributed by atoms with Crippen LogP contribution >= 0.6 is 0 Å². The number of nitrogens with one attached hydrogen (secondary N) is 1. The van der Waals surface area contributed by atoms with E-state index in [0.29, 0.717) is 0 Å². The minimum absolute atomic E-state index is 0.766. The number of rotatable bonds is 5. The van der Waals surface area contributed by atoms with Gasteiger partial charge in [0, 0.05) is 44.1 Å². The van der Waals surface area contributed by atoms with Gasteiger partial charge in [0.05, 0.1) is 5.69 Å². The lowest BCUT2D eigenvalue weighted by Crippen LogP contribution is -2.54. The highest BCUT2D eigenvalue weighted by Gasteiger charge is 2.28. The molecule has 0 aromatic carbocycles. The highest BCUT2D eigenvalue weighted by atomic mass is 15.3. The van der Waals surface area contributed by atoms with Gasteiger partial charge in [0.15, 0.2) is 0 Å². The zero-order valence-electron chi connectivity index (χ0n) is 13.2. The summed E-state index contributed by atoms with van der Waals surface area (Å²) in [4.78, 5) is 9.73. The summed E-state index contributed by atoms with van der Waals surface area (Å²) in [5.74, 6) is 0. The molecule has 4 heteroatoms. The average molecular weight is 288 g/mol. The van der Waals surface area contributed by atoms with E-state index in [4.69, 9.17) is 0 Å². The molecular formula is C17H28N4. The third-order valence-corrected chi connectivity index (χ3v) is 4.74. The van der Waals surface area contributed by atoms with Crippen molar-refractivity contribution in [2.24, 2.45) is 0 Å². The van der Waals surface area contributed by atoms with Gasteiger partial charge < -0.3 is 10.2 Å². The van der Waals surface area contributed by atoms with Gasteiger partial charge >= 0.3 is 0 Å². The Bertz CT molecular complexity index is 448. The Morgan fingerprint density at radius 2 is 2.24 bits per heavy atom. The van der Waals surface area contributed by atoms with Crippen LogP contribution in [0.4, 0.5) is 5.69 Å². The summed E-state index contributed by atoms with van der Waals surface area (Å²) in [6.45, 7) is 9.00. The second-order valence-electron chi connectivity index (χ2n) is 6.31. The summed E-state index contributed by atoms with van der Waals surface area (Å²) < 4.78 is 0. The summed E-state index contributed by atoms with van der Waals surface area (Å²) in [5, 5.41) is 3.44. The van der Waals surface area contributed by atoms with E-state index in [9.17, 15) is 0 Å². The van der Waals surface area contributed by atoms with Crippen molar-refractivity contribution in [3.8, 4) is 0 Å². The topological polar surface area (TPSA) is 31.4 Å². The Morgan fingerprint density at radius 1 is 1.29 bits per heavy atom. The molecule has 116 valence electrons. The van der Waals surface area contributed by atoms with Crippen molar-refractivity contribution in [3.63, 3.8) is 0 Å². The molecule has 1 aromatic rings. The number of nitrogens with zero attached hydrogens (tertiary/aromatic N) is 3. The predicted octanol–water partition coefficient (Wildman–Crippen LogP) is 2.26. The first kappa shape index (κ1) is 14.8. The normalized spacial score (nSPS) is 23.1. The number of hydrogen-bond donors (Lipinski definition) is 1. The maximum absolute atomic E-state index is 4.49. The molecule has 1 aromatic heterocycles. The molecule has 2 aliphatic rings. The molecule has 4 nitrogen and oxygen atoms in total. The summed E-state index contributed by atoms with van der Waals surface area (Å²) in [6, 6.07) is 5.20. The SMILES string of the molecule is CCCNCc1cc(N2CCN3CCCCC3C2)ccn1. The van der Waals surface area contributed by atoms with E-state index in [1.807, 2.05) is 6.20 Å². The van der Waals surface area contributed by atoms with Gasteiger partial charge in [0.1, 0.15) is 0 Å². The van der Waals surface area contributed by atoms with Gasteiger partial charge in [0.2, 0.25) is 0 Å². The van der Waals surface area contributed by atoms with Gasteiger partial charge in [0.25, 0.3) is 0 Å². The second kappa shape index (κ2) is 7.23. The zero-order valence-corrected chi connectivity index (χ0v) is 13.2. The number of piperidine rings is 1. The van der Waals surface area contributed by atoms with E-state index >= 15 is 0 Å². The standard InChI is InChI=1S/C17H28N4/c1-2-7-18-13-15-12-16(6-8-19-15)21-11-10-20-9-4-3-5-17(20)14-21/h6,8,12,17-18H,2-5,7,9-11,13-14H2,1H3. The first-order valence-corrected chi connectivity index (χ1v) is 8.51. The van der Waals surface area contributed by atoms with Crippen LogP contribution in [-0.4, -0.2) is 48.6 Å². The van der Waals surface area contributed by atoms with Crippen molar-refractivity contribution < 1.29 is 0 Å². The molecule has 0 spiro atoms. The van der Waals surface area contributed by atoms with Gasteiger partial charge in [-0.2, -0.15) is 0 Å². The molecule has 21 heavy (non-hydrogen) atoms. The Hall–Kier alpha value is -1.13. The first-order chi connectivity index (χ1) is 10.4. The Balaban J connectivity index is 1.62. The van der Waals surface area contributed by atoms with Crippen LogP contribution < -0.4 is 10.2 Å². The number of anilines is 1. The summed E-state index contributed by atoms with van der Waals surface area (Å²) in [7, 11) is 0. The third-order valence-electron chi connectivity index (χ3n) is 4.74. The molecule has 2 fully saturated rings. The lowest BCUT2D eigenvalue weighted by Gasteiger charge is -2.45. The molecule has 1 atom stereocenters. The average Bonchev–Trinajstić information content (AvgIpc) is 2.55. The van der Waals surface area contributed by atoms with Crippen LogP contribution in [0.2, 0.25) is 0 Å². The van der Waals surface area contributed by atoms with Crippen molar-refractivity contribution >= 4 is 5.69 Å². The van der Waals surface area contributed by atoms with Crippen molar-refractivity contribution in [1.82, 2.24) is 15.2 Å². The molecule has 1 N–H and O–H groups in total. The van der Waals surface area contributed by atoms with Crippen LogP contribution in [0.3, 0.4) is 0 Å². The van der Waals surface area contributed by atoms with Crippen molar-refractivity contribution in [2.75, 3.05) is 37.6 Å². The maximum Gasteiger partial charge on any atom is 0.0562 e. The van der Waals surface area contributed by atoms with E-state index in [-0.39, 0.29) is 0 Å². The molecule has 0 aliphatic carbocycles. The molecule has 0 saturated carbocycles. The van der Waals surface area contributed by atoms with E-state index < -0.39 is 0 Å². The molecular weight excluding hydrogens is 260 g/mol. The minimum atomic E-state index is 0.766. The van der Waals surface area contributed by atoms with Crippen LogP contribution in [0, 0.1) is 0 Å². The number of fused-ring (bicyclic) bond motifs is 1. The van der Waals surface area contributed by atoms with Crippen LogP contribution in [0.1, 0.15) is 38.3 Å². The predicted molar refractivity (Wildman–Crippen MR) is 87.7 cm³/mol. The van der Waals surface area contributed by atoms with Crippen molar-refractivity contribution in [1.29, 1.82) is 0 Å². The summed E-state index contributed by atoms with van der Waals surface area (Å²) in [5.41, 5.74) is 2.51. The molecule has 3 rings (SSSR count). The van der Waals surface area contributed by atoms with Crippen LogP contribution in [0.25, 0.3) is 0 Å². The Morgan fingerprint density at radius 3 is 3.14 bits per heavy atom. The number of aromatic nitrogens is 1. The van der Waals surface area contributed by atoms with E-state index in [1.165, 1.54) is 51.0 Å². The maximum atomic E-state index is 4.49. The van der Waals surface area contributed by atoms with Crippen molar-refractivity contribution in [2.45, 2.75) is 45.2 Å². The lowest BCUT2D eigenvalue weighted by atomic mass is 9.99. The lowest BCUT2D eigenvalue weighted by molar-refractivity contribution is 0.133. The second-order valence-corrected chi connectivity index (χ2v) is 6.31. The fourth-order valence-corrected chi connectivity index (χ4v) is 3.54. The minimum Gasteiger partial charge on any atom is -0.369 e. The van der Waals surface area contributed by atoms with E-state index in [0.717, 1.165) is 31.4 Å². The van der Waals surface area contributed by atoms with Crippen LogP contribution in [0.5, 0.6) is 0 Å². The zero-order chi connectivity index (χ0) is 14.5. The monoisotopic (exact) mass is 288 g/mol. The highest BCUT2D eigenvalue weighted by Crippen LogP contribution is 2.25. The van der Waals surface area contributed by atoms with Crippen LogP contribution in [0.15, 0.2) is 18.3 Å². The molecule has 1 unspecified atom stereocenters. The van der Waals surface area contributed by atoms with Gasteiger partial charge in [-0.15, -0.1) is 0 Å². The number of pyridine rings is 1. The van der Waals surface area contributed by atoms with E-state index in [1.54, 1.807) is 0 Å². The quantitative estimate of drug-likeness (QED) is 0.842. The van der Waals surface area contributed by atoms with Crippen molar-refractivity contribution in [3.05, 3.63) is 24.0 Å². The van der Waals surface area contributed by atoms with Gasteiger partial charge in [-0.25, -0.2) is 0 Å². The largest absolute Gasteiger partial charge is 0.369 e. The summed E-state index contributed by atoms with van der Waals surface area (Å²) >= 11 is 0.